The summed E-state index contributed by atoms with van der Waals surface area (Å²) in [5.41, 5.74) is 2.96. The number of carbonyl (C=O) groups excluding carboxylic acids is 5. The lowest BCUT2D eigenvalue weighted by molar-refractivity contribution is -0.131. The van der Waals surface area contributed by atoms with Gasteiger partial charge in [0, 0.05) is 27.3 Å². The molecule has 13 heteroatoms. The van der Waals surface area contributed by atoms with Crippen LogP contribution in [0.25, 0.3) is 0 Å². The topological polar surface area (TPSA) is 155 Å². The van der Waals surface area contributed by atoms with Crippen molar-refractivity contribution in [1.29, 1.82) is 0 Å². The molecular formula is C37H49N5O6S2. The molecule has 2 aromatic carbocycles. The minimum atomic E-state index is -1.00. The van der Waals surface area contributed by atoms with Crippen molar-refractivity contribution in [2.75, 3.05) is 32.1 Å². The zero-order valence-electron chi connectivity index (χ0n) is 29.3. The Bertz CT molecular complexity index is 1560. The molecule has 3 aromatic rings. The fourth-order valence-corrected chi connectivity index (χ4v) is 6.65. The van der Waals surface area contributed by atoms with Gasteiger partial charge < -0.3 is 31.3 Å². The Balaban J connectivity index is 1.40. The second-order valence-corrected chi connectivity index (χ2v) is 15.1. The van der Waals surface area contributed by atoms with Crippen molar-refractivity contribution in [2.24, 2.45) is 0 Å². The lowest BCUT2D eigenvalue weighted by Crippen LogP contribution is -2.52. The summed E-state index contributed by atoms with van der Waals surface area (Å²) in [7, 11) is 0. The maximum absolute atomic E-state index is 13.1. The standard InChI is InChI=1S/C37H49N5O6S2/c1-5-37(4,6-2)49-24-35(46)39-20-32(43)38-22-34(45)42-31(19-27-11-8-7-9-12-27)36(47)40-21-33(44)41-25-48-23-29-14-10-13-28(17-29)18-30-16-15-26(3)50-30/h7-17,31H,5-6,18-25H2,1-4H3,(H,38,43)(H,39,46)(H,40,47)(H,41,44)(H,42,45)/t31-/m0/s1. The van der Waals surface area contributed by atoms with E-state index in [0.717, 1.165) is 30.4 Å². The maximum Gasteiger partial charge on any atom is 0.243 e. The van der Waals surface area contributed by atoms with Crippen LogP contribution in [-0.2, 0) is 48.2 Å². The molecule has 0 aliphatic heterocycles. The summed E-state index contributed by atoms with van der Waals surface area (Å²) in [6.45, 7) is 7.64. The second kappa shape index (κ2) is 21.1. The van der Waals surface area contributed by atoms with Crippen molar-refractivity contribution in [3.05, 3.63) is 93.2 Å². The first kappa shape index (κ1) is 40.2. The van der Waals surface area contributed by atoms with E-state index in [2.05, 4.69) is 78.5 Å². The molecular weight excluding hydrogens is 675 g/mol. The number of hydrogen-bond donors (Lipinski definition) is 5. The van der Waals surface area contributed by atoms with Crippen LogP contribution in [0.1, 0.15) is 60.1 Å². The van der Waals surface area contributed by atoms with E-state index >= 15 is 0 Å². The predicted octanol–water partition coefficient (Wildman–Crippen LogP) is 3.63. The van der Waals surface area contributed by atoms with Crippen LogP contribution in [0, 0.1) is 6.92 Å². The third-order valence-corrected chi connectivity index (χ3v) is 10.8. The molecule has 0 radical (unpaired) electrons. The van der Waals surface area contributed by atoms with Crippen molar-refractivity contribution in [3.63, 3.8) is 0 Å². The van der Waals surface area contributed by atoms with E-state index in [1.165, 1.54) is 15.3 Å². The minimum Gasteiger partial charge on any atom is -0.357 e. The van der Waals surface area contributed by atoms with Crippen LogP contribution >= 0.6 is 23.1 Å². The number of amides is 5. The zero-order valence-corrected chi connectivity index (χ0v) is 30.9. The maximum atomic E-state index is 13.1. The smallest absolute Gasteiger partial charge is 0.243 e. The molecule has 0 saturated heterocycles. The Hall–Kier alpha value is -4.20. The van der Waals surface area contributed by atoms with Gasteiger partial charge in [0.05, 0.1) is 32.0 Å². The van der Waals surface area contributed by atoms with Crippen molar-refractivity contribution in [3.8, 4) is 0 Å². The second-order valence-electron chi connectivity index (χ2n) is 12.1. The summed E-state index contributed by atoms with van der Waals surface area (Å²) < 4.78 is 5.64. The Morgan fingerprint density at radius 3 is 2.10 bits per heavy atom. The van der Waals surface area contributed by atoms with Crippen LogP contribution in [-0.4, -0.2) is 72.4 Å². The first-order valence-electron chi connectivity index (χ1n) is 16.7. The average Bonchev–Trinajstić information content (AvgIpc) is 3.53. The van der Waals surface area contributed by atoms with Crippen LogP contribution in [0.4, 0.5) is 0 Å². The molecule has 5 amide bonds. The van der Waals surface area contributed by atoms with Gasteiger partial charge in [-0.3, -0.25) is 24.0 Å². The highest BCUT2D eigenvalue weighted by molar-refractivity contribution is 8.01. The van der Waals surface area contributed by atoms with Crippen LogP contribution < -0.4 is 26.6 Å². The van der Waals surface area contributed by atoms with Crippen LogP contribution in [0.2, 0.25) is 0 Å². The van der Waals surface area contributed by atoms with Crippen LogP contribution in [0.15, 0.2) is 66.7 Å². The van der Waals surface area contributed by atoms with Crippen LogP contribution in [0.5, 0.6) is 0 Å². The SMILES string of the molecule is CCC(C)(CC)SCC(=O)NCC(=O)NCC(=O)N[C@@H](Cc1ccccc1)C(=O)NCC(=O)NCOCc1cccc(Cc2ccc(C)s2)c1. The predicted molar refractivity (Wildman–Crippen MR) is 199 cm³/mol. The molecule has 0 spiro atoms. The third kappa shape index (κ3) is 15.1. The lowest BCUT2D eigenvalue weighted by Gasteiger charge is -2.25. The van der Waals surface area contributed by atoms with Crippen molar-refractivity contribution >= 4 is 52.6 Å². The fraction of sp³-hybridized carbons (Fsp3) is 0.432. The van der Waals surface area contributed by atoms with E-state index < -0.39 is 29.7 Å². The van der Waals surface area contributed by atoms with Gasteiger partial charge in [0.25, 0.3) is 0 Å². The van der Waals surface area contributed by atoms with Gasteiger partial charge in [-0.15, -0.1) is 23.1 Å². The zero-order chi connectivity index (χ0) is 36.4. The van der Waals surface area contributed by atoms with Gasteiger partial charge in [0.2, 0.25) is 29.5 Å². The van der Waals surface area contributed by atoms with E-state index in [1.54, 1.807) is 23.1 Å². The summed E-state index contributed by atoms with van der Waals surface area (Å²) in [4.78, 5) is 65.3. The number of thioether (sulfide) groups is 1. The van der Waals surface area contributed by atoms with Gasteiger partial charge >= 0.3 is 0 Å². The number of ether oxygens (including phenoxy) is 1. The average molecular weight is 724 g/mol. The Kier molecular flexibility index (Phi) is 17.0. The monoisotopic (exact) mass is 723 g/mol. The number of nitrogens with one attached hydrogen (secondary N) is 5. The van der Waals surface area contributed by atoms with Gasteiger partial charge in [-0.25, -0.2) is 0 Å². The molecule has 3 rings (SSSR count). The first-order valence-corrected chi connectivity index (χ1v) is 18.5. The van der Waals surface area contributed by atoms with Crippen molar-refractivity contribution in [2.45, 2.75) is 70.8 Å². The molecule has 1 heterocycles. The molecule has 0 aliphatic carbocycles. The number of aryl methyl sites for hydroxylation is 1. The van der Waals surface area contributed by atoms with E-state index in [-0.39, 0.29) is 49.2 Å². The molecule has 270 valence electrons. The summed E-state index contributed by atoms with van der Waals surface area (Å²) in [5.74, 6) is -2.16. The van der Waals surface area contributed by atoms with Crippen LogP contribution in [0.3, 0.4) is 0 Å². The molecule has 0 aliphatic rings. The van der Waals surface area contributed by atoms with Gasteiger partial charge in [-0.2, -0.15) is 0 Å². The molecule has 0 unspecified atom stereocenters. The Morgan fingerprint density at radius 2 is 1.40 bits per heavy atom. The molecule has 1 aromatic heterocycles. The summed E-state index contributed by atoms with van der Waals surface area (Å²) in [6, 6.07) is 20.5. The van der Waals surface area contributed by atoms with Gasteiger partial charge in [0.1, 0.15) is 12.8 Å². The van der Waals surface area contributed by atoms with E-state index in [4.69, 9.17) is 4.74 Å². The molecule has 5 N–H and O–H groups in total. The third-order valence-electron chi connectivity index (χ3n) is 8.10. The lowest BCUT2D eigenvalue weighted by atomic mass is 10.1. The van der Waals surface area contributed by atoms with E-state index in [0.29, 0.717) is 6.61 Å². The van der Waals surface area contributed by atoms with Crippen molar-refractivity contribution in [1.82, 2.24) is 26.6 Å². The summed E-state index contributed by atoms with van der Waals surface area (Å²) >= 11 is 3.32. The highest BCUT2D eigenvalue weighted by Gasteiger charge is 2.23. The highest BCUT2D eigenvalue weighted by atomic mass is 32.2. The minimum absolute atomic E-state index is 0.00400. The van der Waals surface area contributed by atoms with E-state index in [9.17, 15) is 24.0 Å². The van der Waals surface area contributed by atoms with Gasteiger partial charge in [-0.05, 0) is 48.6 Å². The van der Waals surface area contributed by atoms with Gasteiger partial charge in [-0.1, -0.05) is 75.4 Å². The quantitative estimate of drug-likeness (QED) is 0.0831. The van der Waals surface area contributed by atoms with E-state index in [1.807, 2.05) is 42.5 Å². The number of benzene rings is 2. The molecule has 50 heavy (non-hydrogen) atoms. The normalized spacial score (nSPS) is 11.7. The summed E-state index contributed by atoms with van der Waals surface area (Å²) in [6.07, 6.45) is 2.87. The first-order chi connectivity index (χ1) is 24.0. The fourth-order valence-electron chi connectivity index (χ4n) is 4.73. The number of thiophene rings is 1. The number of hydrogen-bond acceptors (Lipinski definition) is 8. The Labute approximate surface area is 303 Å². The molecule has 11 nitrogen and oxygen atoms in total. The molecule has 0 saturated carbocycles. The number of rotatable bonds is 21. The van der Waals surface area contributed by atoms with Gasteiger partial charge in [0.15, 0.2) is 0 Å². The summed E-state index contributed by atoms with van der Waals surface area (Å²) in [5, 5.41) is 12.9. The largest absolute Gasteiger partial charge is 0.357 e. The highest BCUT2D eigenvalue weighted by Crippen LogP contribution is 2.31. The van der Waals surface area contributed by atoms with Crippen molar-refractivity contribution < 1.29 is 28.7 Å². The Morgan fingerprint density at radius 1 is 0.760 bits per heavy atom. The number of carbonyl (C=O) groups is 5. The molecule has 1 atom stereocenters. The molecule has 0 bridgehead atoms. The molecule has 0 fully saturated rings.